The molecular formula is C17H24ClF. The van der Waals surface area contributed by atoms with E-state index in [1.165, 1.54) is 18.9 Å². The summed E-state index contributed by atoms with van der Waals surface area (Å²) in [4.78, 5) is 0. The number of benzene rings is 1. The van der Waals surface area contributed by atoms with E-state index >= 15 is 0 Å². The van der Waals surface area contributed by atoms with Crippen LogP contribution >= 0.6 is 11.6 Å². The van der Waals surface area contributed by atoms with Gasteiger partial charge in [0.2, 0.25) is 0 Å². The molecule has 3 atom stereocenters. The van der Waals surface area contributed by atoms with Gasteiger partial charge in [-0.15, -0.1) is 11.6 Å². The van der Waals surface area contributed by atoms with Crippen molar-refractivity contribution in [2.24, 2.45) is 17.3 Å². The van der Waals surface area contributed by atoms with Crippen LogP contribution in [0.1, 0.15) is 45.6 Å². The molecule has 3 unspecified atom stereocenters. The zero-order valence-corrected chi connectivity index (χ0v) is 12.9. The fourth-order valence-electron chi connectivity index (χ4n) is 3.50. The first-order chi connectivity index (χ1) is 8.88. The van der Waals surface area contributed by atoms with E-state index in [-0.39, 0.29) is 16.6 Å². The Bertz CT molecular complexity index is 427. The topological polar surface area (TPSA) is 0 Å². The molecule has 0 spiro atoms. The predicted octanol–water partition coefficient (Wildman–Crippen LogP) is 5.44. The maximum absolute atomic E-state index is 13.3. The molecule has 1 saturated carbocycles. The standard InChI is InChI=1S/C17H24ClF/c1-12-7-8-15(16(18)9-12)17(2,3)11-13-5-4-6-14(19)10-13/h4-6,10,12,15-16H,7-9,11H2,1-3H3. The van der Waals surface area contributed by atoms with E-state index < -0.39 is 0 Å². The Kier molecular flexibility index (Phi) is 4.55. The first-order valence-corrected chi connectivity index (χ1v) is 7.70. The van der Waals surface area contributed by atoms with E-state index in [0.29, 0.717) is 5.92 Å². The van der Waals surface area contributed by atoms with Gasteiger partial charge in [-0.2, -0.15) is 0 Å². The summed E-state index contributed by atoms with van der Waals surface area (Å²) in [5.74, 6) is 1.12. The molecule has 0 amide bonds. The van der Waals surface area contributed by atoms with E-state index in [1.807, 2.05) is 6.07 Å². The highest BCUT2D eigenvalue weighted by Crippen LogP contribution is 2.44. The maximum atomic E-state index is 13.3. The van der Waals surface area contributed by atoms with Crippen LogP contribution in [0.5, 0.6) is 0 Å². The van der Waals surface area contributed by atoms with Gasteiger partial charge in [-0.25, -0.2) is 4.39 Å². The third-order valence-corrected chi connectivity index (χ3v) is 5.07. The van der Waals surface area contributed by atoms with Gasteiger partial charge in [0, 0.05) is 5.38 Å². The Morgan fingerprint density at radius 3 is 2.68 bits per heavy atom. The molecule has 0 bridgehead atoms. The molecule has 1 fully saturated rings. The van der Waals surface area contributed by atoms with Crippen molar-refractivity contribution in [3.63, 3.8) is 0 Å². The molecular weight excluding hydrogens is 259 g/mol. The van der Waals surface area contributed by atoms with Crippen LogP contribution in [0.3, 0.4) is 0 Å². The van der Waals surface area contributed by atoms with Gasteiger partial charge in [0.15, 0.2) is 0 Å². The van der Waals surface area contributed by atoms with Crippen molar-refractivity contribution in [3.8, 4) is 0 Å². The molecule has 0 radical (unpaired) electrons. The van der Waals surface area contributed by atoms with E-state index in [1.54, 1.807) is 12.1 Å². The summed E-state index contributed by atoms with van der Waals surface area (Å²) in [6.07, 6.45) is 4.46. The zero-order valence-electron chi connectivity index (χ0n) is 12.1. The second-order valence-electron chi connectivity index (χ2n) is 6.84. The second-order valence-corrected chi connectivity index (χ2v) is 7.40. The average molecular weight is 283 g/mol. The summed E-state index contributed by atoms with van der Waals surface area (Å²) in [5.41, 5.74) is 1.20. The molecule has 1 aliphatic carbocycles. The molecule has 106 valence electrons. The lowest BCUT2D eigenvalue weighted by Gasteiger charge is -2.42. The number of hydrogen-bond donors (Lipinski definition) is 0. The van der Waals surface area contributed by atoms with E-state index in [0.717, 1.165) is 24.3 Å². The van der Waals surface area contributed by atoms with Crippen LogP contribution in [0, 0.1) is 23.1 Å². The smallest absolute Gasteiger partial charge is 0.123 e. The summed E-state index contributed by atoms with van der Waals surface area (Å²) in [6.45, 7) is 6.83. The fourth-order valence-corrected chi connectivity index (χ4v) is 4.27. The molecule has 1 aromatic rings. The molecule has 2 heteroatoms. The van der Waals surface area contributed by atoms with Crippen molar-refractivity contribution in [1.29, 1.82) is 0 Å². The molecule has 1 aromatic carbocycles. The zero-order chi connectivity index (χ0) is 14.0. The van der Waals surface area contributed by atoms with Crippen molar-refractivity contribution >= 4 is 11.6 Å². The summed E-state index contributed by atoms with van der Waals surface area (Å²) in [7, 11) is 0. The monoisotopic (exact) mass is 282 g/mol. The second kappa shape index (κ2) is 5.83. The Morgan fingerprint density at radius 2 is 2.05 bits per heavy atom. The highest BCUT2D eigenvalue weighted by molar-refractivity contribution is 6.20. The van der Waals surface area contributed by atoms with Crippen LogP contribution in [0.25, 0.3) is 0 Å². The first-order valence-electron chi connectivity index (χ1n) is 7.27. The van der Waals surface area contributed by atoms with Crippen LogP contribution < -0.4 is 0 Å². The van der Waals surface area contributed by atoms with E-state index in [4.69, 9.17) is 11.6 Å². The van der Waals surface area contributed by atoms with Gasteiger partial charge >= 0.3 is 0 Å². The van der Waals surface area contributed by atoms with Crippen LogP contribution in [-0.4, -0.2) is 5.38 Å². The lowest BCUT2D eigenvalue weighted by Crippen LogP contribution is -2.37. The molecule has 0 aliphatic heterocycles. The minimum absolute atomic E-state index is 0.125. The van der Waals surface area contributed by atoms with Gasteiger partial charge in [-0.3, -0.25) is 0 Å². The summed E-state index contributed by atoms with van der Waals surface area (Å²) in [6, 6.07) is 6.96. The van der Waals surface area contributed by atoms with Crippen molar-refractivity contribution in [1.82, 2.24) is 0 Å². The molecule has 1 aliphatic rings. The van der Waals surface area contributed by atoms with Gasteiger partial charge in [-0.05, 0) is 54.2 Å². The lowest BCUT2D eigenvalue weighted by atomic mass is 9.66. The number of hydrogen-bond acceptors (Lipinski definition) is 0. The number of halogens is 2. The molecule has 0 heterocycles. The highest BCUT2D eigenvalue weighted by Gasteiger charge is 2.38. The largest absolute Gasteiger partial charge is 0.207 e. The van der Waals surface area contributed by atoms with Crippen LogP contribution in [-0.2, 0) is 6.42 Å². The molecule has 0 N–H and O–H groups in total. The Labute approximate surface area is 121 Å². The predicted molar refractivity (Wildman–Crippen MR) is 80.0 cm³/mol. The van der Waals surface area contributed by atoms with Crippen LogP contribution in [0.4, 0.5) is 4.39 Å². The first kappa shape index (κ1) is 14.8. The number of alkyl halides is 1. The van der Waals surface area contributed by atoms with E-state index in [2.05, 4.69) is 20.8 Å². The third kappa shape index (κ3) is 3.72. The maximum Gasteiger partial charge on any atom is 0.123 e. The normalized spacial score (nSPS) is 28.4. The van der Waals surface area contributed by atoms with Crippen molar-refractivity contribution < 1.29 is 4.39 Å². The minimum Gasteiger partial charge on any atom is -0.207 e. The van der Waals surface area contributed by atoms with E-state index in [9.17, 15) is 4.39 Å². The fraction of sp³-hybridized carbons (Fsp3) is 0.647. The molecule has 19 heavy (non-hydrogen) atoms. The molecule has 2 rings (SSSR count). The molecule has 0 nitrogen and oxygen atoms in total. The van der Waals surface area contributed by atoms with Gasteiger partial charge < -0.3 is 0 Å². The summed E-state index contributed by atoms with van der Waals surface area (Å²) >= 11 is 6.59. The minimum atomic E-state index is -0.145. The quantitative estimate of drug-likeness (QED) is 0.648. The molecule has 0 aromatic heterocycles. The van der Waals surface area contributed by atoms with Gasteiger partial charge in [-0.1, -0.05) is 39.3 Å². The van der Waals surface area contributed by atoms with Gasteiger partial charge in [0.1, 0.15) is 5.82 Å². The van der Waals surface area contributed by atoms with Crippen molar-refractivity contribution in [2.75, 3.05) is 0 Å². The third-order valence-electron chi connectivity index (χ3n) is 4.59. The average Bonchev–Trinajstić information content (AvgIpc) is 2.27. The summed E-state index contributed by atoms with van der Waals surface area (Å²) in [5, 5.41) is 0.257. The summed E-state index contributed by atoms with van der Waals surface area (Å²) < 4.78 is 13.3. The lowest BCUT2D eigenvalue weighted by molar-refractivity contribution is 0.142. The number of rotatable bonds is 3. The van der Waals surface area contributed by atoms with Crippen LogP contribution in [0.2, 0.25) is 0 Å². The van der Waals surface area contributed by atoms with Crippen molar-refractivity contribution in [2.45, 2.75) is 51.8 Å². The molecule has 0 saturated heterocycles. The van der Waals surface area contributed by atoms with Gasteiger partial charge in [0.05, 0.1) is 0 Å². The Hall–Kier alpha value is -0.560. The van der Waals surface area contributed by atoms with Crippen LogP contribution in [0.15, 0.2) is 24.3 Å². The van der Waals surface area contributed by atoms with Gasteiger partial charge in [0.25, 0.3) is 0 Å². The Balaban J connectivity index is 2.09. The Morgan fingerprint density at radius 1 is 1.32 bits per heavy atom. The van der Waals surface area contributed by atoms with Crippen molar-refractivity contribution in [3.05, 3.63) is 35.6 Å². The highest BCUT2D eigenvalue weighted by atomic mass is 35.5. The SMILES string of the molecule is CC1CCC(C(C)(C)Cc2cccc(F)c2)C(Cl)C1.